The summed E-state index contributed by atoms with van der Waals surface area (Å²) in [6.45, 7) is 6.18. The van der Waals surface area contributed by atoms with Crippen molar-refractivity contribution in [3.05, 3.63) is 89.6 Å². The second kappa shape index (κ2) is 8.05. The van der Waals surface area contributed by atoms with E-state index in [1.54, 1.807) is 60.7 Å². The maximum absolute atomic E-state index is 12.8. The third-order valence-electron chi connectivity index (χ3n) is 4.35. The largest absolute Gasteiger partial charge is 0.594 e. The average molecular weight is 410 g/mol. The van der Waals surface area contributed by atoms with Gasteiger partial charge in [-0.25, -0.2) is 8.42 Å². The highest BCUT2D eigenvalue weighted by molar-refractivity contribution is 7.92. The van der Waals surface area contributed by atoms with Crippen molar-refractivity contribution in [3.8, 4) is 0 Å². The molecule has 0 heterocycles. The standard InChI is InChI=1S/C22H23N3O3S/c1-22(2,3)17-13-15-19(16-14-17)29(27,28)24-20-11-7-8-12-21(20)25(26)23-18-9-5-4-6-10-18/h4-16,24H,1-3H3. The maximum atomic E-state index is 12.8. The van der Waals surface area contributed by atoms with Crippen molar-refractivity contribution in [2.45, 2.75) is 31.1 Å². The number of nitrogens with one attached hydrogen (secondary N) is 1. The molecule has 0 aliphatic carbocycles. The Labute approximate surface area is 171 Å². The predicted octanol–water partition coefficient (Wildman–Crippen LogP) is 5.71. The Morgan fingerprint density at radius 1 is 0.862 bits per heavy atom. The zero-order chi connectivity index (χ0) is 21.1. The smallest absolute Gasteiger partial charge is 0.268 e. The Balaban J connectivity index is 1.91. The Kier molecular flexibility index (Phi) is 5.70. The van der Waals surface area contributed by atoms with Crippen LogP contribution in [0, 0.1) is 5.21 Å². The molecule has 0 unspecified atom stereocenters. The monoisotopic (exact) mass is 409 g/mol. The number of hydrogen-bond acceptors (Lipinski definition) is 4. The van der Waals surface area contributed by atoms with Crippen molar-refractivity contribution >= 4 is 27.1 Å². The molecule has 150 valence electrons. The zero-order valence-corrected chi connectivity index (χ0v) is 17.3. The first-order valence-corrected chi connectivity index (χ1v) is 10.6. The Morgan fingerprint density at radius 3 is 2.07 bits per heavy atom. The molecule has 29 heavy (non-hydrogen) atoms. The molecule has 6 nitrogen and oxygen atoms in total. The lowest BCUT2D eigenvalue weighted by Gasteiger charge is -2.19. The van der Waals surface area contributed by atoms with Gasteiger partial charge in [-0.1, -0.05) is 63.2 Å². The second-order valence-corrected chi connectivity index (χ2v) is 9.29. The Hall–Kier alpha value is -3.19. The summed E-state index contributed by atoms with van der Waals surface area (Å²) in [5, 5.41) is 16.5. The van der Waals surface area contributed by atoms with Crippen LogP contribution in [0.2, 0.25) is 0 Å². The number of benzene rings is 3. The molecule has 0 aromatic heterocycles. The topological polar surface area (TPSA) is 84.6 Å². The lowest BCUT2D eigenvalue weighted by atomic mass is 9.87. The summed E-state index contributed by atoms with van der Waals surface area (Å²) in [5.74, 6) is 0. The number of anilines is 1. The summed E-state index contributed by atoms with van der Waals surface area (Å²) in [5.41, 5.74) is 1.68. The number of nitrogens with zero attached hydrogens (tertiary/aromatic N) is 2. The van der Waals surface area contributed by atoms with Crippen LogP contribution in [0.3, 0.4) is 0 Å². The summed E-state index contributed by atoms with van der Waals surface area (Å²) < 4.78 is 28.2. The Morgan fingerprint density at radius 2 is 1.45 bits per heavy atom. The molecule has 3 aromatic carbocycles. The first-order valence-electron chi connectivity index (χ1n) is 9.13. The molecule has 0 atom stereocenters. The maximum Gasteiger partial charge on any atom is 0.268 e. The van der Waals surface area contributed by atoms with E-state index in [1.165, 1.54) is 12.1 Å². The molecule has 0 fully saturated rings. The van der Waals surface area contributed by atoms with Crippen LogP contribution >= 0.6 is 0 Å². The van der Waals surface area contributed by atoms with Crippen LogP contribution in [0.1, 0.15) is 26.3 Å². The SMILES string of the molecule is CC(C)(C)c1ccc(S(=O)(=O)Nc2ccccc2[N+]([O-])=Nc2ccccc2)cc1. The average Bonchev–Trinajstić information content (AvgIpc) is 2.68. The van der Waals surface area contributed by atoms with Gasteiger partial charge < -0.3 is 5.21 Å². The van der Waals surface area contributed by atoms with Crippen molar-refractivity contribution in [1.29, 1.82) is 0 Å². The van der Waals surface area contributed by atoms with E-state index in [4.69, 9.17) is 0 Å². The van der Waals surface area contributed by atoms with E-state index < -0.39 is 10.0 Å². The normalized spacial score (nSPS) is 12.6. The minimum atomic E-state index is -3.86. The van der Waals surface area contributed by atoms with Gasteiger partial charge in [-0.15, -0.1) is 0 Å². The van der Waals surface area contributed by atoms with Gasteiger partial charge in [-0.05, 0) is 46.2 Å². The molecule has 3 rings (SSSR count). The van der Waals surface area contributed by atoms with Gasteiger partial charge in [0.05, 0.1) is 4.90 Å². The van der Waals surface area contributed by atoms with E-state index in [9.17, 15) is 13.6 Å². The van der Waals surface area contributed by atoms with Crippen LogP contribution in [0.15, 0.2) is 88.9 Å². The molecule has 0 saturated carbocycles. The van der Waals surface area contributed by atoms with Gasteiger partial charge in [0.25, 0.3) is 15.7 Å². The van der Waals surface area contributed by atoms with E-state index in [1.807, 2.05) is 6.07 Å². The third kappa shape index (κ3) is 5.00. The number of rotatable bonds is 5. The highest BCUT2D eigenvalue weighted by atomic mass is 32.2. The van der Waals surface area contributed by atoms with Gasteiger partial charge in [0.2, 0.25) is 0 Å². The van der Waals surface area contributed by atoms with Crippen LogP contribution in [-0.4, -0.2) is 13.3 Å². The molecule has 0 radical (unpaired) electrons. The summed E-state index contributed by atoms with van der Waals surface area (Å²) in [7, 11) is -3.86. The summed E-state index contributed by atoms with van der Waals surface area (Å²) in [4.78, 5) is 0.536. The van der Waals surface area contributed by atoms with Crippen LogP contribution in [0.25, 0.3) is 0 Å². The van der Waals surface area contributed by atoms with Crippen molar-refractivity contribution in [1.82, 2.24) is 0 Å². The van der Waals surface area contributed by atoms with Gasteiger partial charge in [-0.3, -0.25) is 4.72 Å². The van der Waals surface area contributed by atoms with Crippen molar-refractivity contribution in [2.24, 2.45) is 5.11 Å². The van der Waals surface area contributed by atoms with E-state index >= 15 is 0 Å². The van der Waals surface area contributed by atoms with E-state index in [0.717, 1.165) is 5.56 Å². The summed E-state index contributed by atoms with van der Waals surface area (Å²) in [6, 6.07) is 21.8. The molecule has 0 aliphatic heterocycles. The molecule has 3 aromatic rings. The fourth-order valence-electron chi connectivity index (χ4n) is 2.72. The van der Waals surface area contributed by atoms with E-state index in [2.05, 4.69) is 30.6 Å². The van der Waals surface area contributed by atoms with E-state index in [0.29, 0.717) is 10.5 Å². The third-order valence-corrected chi connectivity index (χ3v) is 5.73. The molecule has 0 amide bonds. The molecule has 7 heteroatoms. The molecule has 0 spiro atoms. The number of hydrogen-bond donors (Lipinski definition) is 1. The van der Waals surface area contributed by atoms with Crippen molar-refractivity contribution in [2.75, 3.05) is 4.72 Å². The van der Waals surface area contributed by atoms with Crippen LogP contribution in [0.4, 0.5) is 17.1 Å². The number of azo groups is 1. The highest BCUT2D eigenvalue weighted by Gasteiger charge is 2.21. The van der Waals surface area contributed by atoms with Crippen molar-refractivity contribution < 1.29 is 13.3 Å². The zero-order valence-electron chi connectivity index (χ0n) is 16.5. The fraction of sp³-hybridized carbons (Fsp3) is 0.182. The summed E-state index contributed by atoms with van der Waals surface area (Å²) in [6.07, 6.45) is 0. The Bertz CT molecular complexity index is 1120. The van der Waals surface area contributed by atoms with Gasteiger partial charge in [-0.2, -0.15) is 0 Å². The minimum absolute atomic E-state index is 0.0790. The van der Waals surface area contributed by atoms with Crippen LogP contribution in [0.5, 0.6) is 0 Å². The molecule has 0 bridgehead atoms. The minimum Gasteiger partial charge on any atom is -0.594 e. The first-order chi connectivity index (χ1) is 13.7. The molecular weight excluding hydrogens is 386 g/mol. The second-order valence-electron chi connectivity index (χ2n) is 7.61. The molecular formula is C22H23N3O3S. The van der Waals surface area contributed by atoms with Gasteiger partial charge in [0.1, 0.15) is 11.4 Å². The van der Waals surface area contributed by atoms with Gasteiger partial charge in [0.15, 0.2) is 0 Å². The predicted molar refractivity (Wildman–Crippen MR) is 114 cm³/mol. The molecule has 1 N–H and O–H groups in total. The first kappa shape index (κ1) is 20.5. The lowest BCUT2D eigenvalue weighted by Crippen LogP contribution is -2.15. The van der Waals surface area contributed by atoms with E-state index in [-0.39, 0.29) is 21.7 Å². The fourth-order valence-corrected chi connectivity index (χ4v) is 3.79. The quantitative estimate of drug-likeness (QED) is 0.333. The molecule has 0 aliphatic rings. The van der Waals surface area contributed by atoms with Crippen LogP contribution in [-0.2, 0) is 15.4 Å². The van der Waals surface area contributed by atoms with Crippen molar-refractivity contribution in [3.63, 3.8) is 0 Å². The summed E-state index contributed by atoms with van der Waals surface area (Å²) >= 11 is 0. The molecule has 0 saturated heterocycles. The number of sulfonamides is 1. The van der Waals surface area contributed by atoms with Gasteiger partial charge in [0, 0.05) is 11.2 Å². The number of para-hydroxylation sites is 2. The lowest BCUT2D eigenvalue weighted by molar-refractivity contribution is -0.434. The highest BCUT2D eigenvalue weighted by Crippen LogP contribution is 2.29. The van der Waals surface area contributed by atoms with Gasteiger partial charge >= 0.3 is 0 Å². The van der Waals surface area contributed by atoms with Crippen LogP contribution < -0.4 is 4.72 Å².